The first kappa shape index (κ1) is 24.5. The molecular weight excluding hydrogens is 460 g/mol. The Balaban J connectivity index is 1.57. The molecule has 8 heteroatoms. The normalized spacial score (nSPS) is 14.6. The number of nitrogens with one attached hydrogen (secondary N) is 1. The number of hydrogen-bond donors (Lipinski definition) is 1. The molecule has 0 atom stereocenters. The van der Waals surface area contributed by atoms with Crippen LogP contribution in [-0.4, -0.2) is 31.6 Å². The number of rotatable bonds is 9. The molecule has 0 radical (unpaired) electrons. The number of imide groups is 2. The zero-order chi connectivity index (χ0) is 25.5. The van der Waals surface area contributed by atoms with Crippen LogP contribution < -0.4 is 24.4 Å². The summed E-state index contributed by atoms with van der Waals surface area (Å²) in [7, 11) is 1.54. The van der Waals surface area contributed by atoms with Crippen LogP contribution in [0.1, 0.15) is 24.5 Å². The van der Waals surface area contributed by atoms with Crippen molar-refractivity contribution in [3.63, 3.8) is 0 Å². The molecule has 0 saturated carbocycles. The molecule has 1 aliphatic heterocycles. The highest BCUT2D eigenvalue weighted by Crippen LogP contribution is 2.29. The first-order valence-electron chi connectivity index (χ1n) is 11.5. The van der Waals surface area contributed by atoms with Crippen molar-refractivity contribution in [1.29, 1.82) is 0 Å². The molecule has 1 saturated heterocycles. The third kappa shape index (κ3) is 5.55. The predicted molar refractivity (Wildman–Crippen MR) is 135 cm³/mol. The van der Waals surface area contributed by atoms with Crippen LogP contribution in [0.2, 0.25) is 0 Å². The molecule has 184 valence electrons. The van der Waals surface area contributed by atoms with Gasteiger partial charge in [-0.2, -0.15) is 0 Å². The van der Waals surface area contributed by atoms with Crippen LogP contribution in [0.4, 0.5) is 10.5 Å². The third-order valence-corrected chi connectivity index (χ3v) is 5.43. The largest absolute Gasteiger partial charge is 0.497 e. The molecule has 1 fully saturated rings. The van der Waals surface area contributed by atoms with E-state index in [1.807, 2.05) is 37.3 Å². The van der Waals surface area contributed by atoms with Crippen molar-refractivity contribution in [3.8, 4) is 17.2 Å². The van der Waals surface area contributed by atoms with Gasteiger partial charge in [0.25, 0.3) is 11.8 Å². The summed E-state index contributed by atoms with van der Waals surface area (Å²) in [5.74, 6) is 0.109. The summed E-state index contributed by atoms with van der Waals surface area (Å²) in [4.78, 5) is 39.4. The fourth-order valence-electron chi connectivity index (χ4n) is 3.58. The minimum Gasteiger partial charge on any atom is -0.497 e. The Morgan fingerprint density at radius 1 is 0.889 bits per heavy atom. The monoisotopic (exact) mass is 486 g/mol. The van der Waals surface area contributed by atoms with Crippen molar-refractivity contribution in [2.45, 2.75) is 20.0 Å². The molecular formula is C28H26N2O6. The van der Waals surface area contributed by atoms with Crippen LogP contribution in [0.5, 0.6) is 17.2 Å². The van der Waals surface area contributed by atoms with E-state index in [-0.39, 0.29) is 5.57 Å². The zero-order valence-corrected chi connectivity index (χ0v) is 20.0. The van der Waals surface area contributed by atoms with Gasteiger partial charge in [-0.25, -0.2) is 9.69 Å². The van der Waals surface area contributed by atoms with E-state index in [1.165, 1.54) is 13.2 Å². The van der Waals surface area contributed by atoms with Gasteiger partial charge in [0.2, 0.25) is 0 Å². The van der Waals surface area contributed by atoms with Gasteiger partial charge in [-0.15, -0.1) is 0 Å². The number of carbonyl (C=O) groups excluding carboxylic acids is 3. The molecule has 4 rings (SSSR count). The number of nitrogens with zero attached hydrogens (tertiary/aromatic N) is 1. The molecule has 3 aromatic carbocycles. The van der Waals surface area contributed by atoms with E-state index >= 15 is 0 Å². The Labute approximate surface area is 209 Å². The Kier molecular flexibility index (Phi) is 7.65. The van der Waals surface area contributed by atoms with Gasteiger partial charge in [-0.3, -0.25) is 14.9 Å². The van der Waals surface area contributed by atoms with E-state index < -0.39 is 17.8 Å². The second kappa shape index (κ2) is 11.2. The smallest absolute Gasteiger partial charge is 0.335 e. The number of hydrogen-bond acceptors (Lipinski definition) is 6. The molecule has 1 heterocycles. The Morgan fingerprint density at radius 3 is 2.31 bits per heavy atom. The fraction of sp³-hybridized carbons (Fsp3) is 0.179. The number of anilines is 1. The van der Waals surface area contributed by atoms with Crippen LogP contribution in [0, 0.1) is 0 Å². The highest BCUT2D eigenvalue weighted by atomic mass is 16.5. The number of ether oxygens (including phenoxy) is 3. The number of amides is 4. The summed E-state index contributed by atoms with van der Waals surface area (Å²) in [6, 6.07) is 20.5. The third-order valence-electron chi connectivity index (χ3n) is 5.43. The van der Waals surface area contributed by atoms with Crippen molar-refractivity contribution < 1.29 is 28.6 Å². The molecule has 0 unspecified atom stereocenters. The fourth-order valence-corrected chi connectivity index (χ4v) is 3.58. The molecule has 1 aliphatic rings. The van der Waals surface area contributed by atoms with Gasteiger partial charge in [0.05, 0.1) is 19.4 Å². The van der Waals surface area contributed by atoms with Crippen molar-refractivity contribution >= 4 is 29.6 Å². The lowest BCUT2D eigenvalue weighted by molar-refractivity contribution is -0.122. The van der Waals surface area contributed by atoms with Crippen LogP contribution in [-0.2, 0) is 16.2 Å². The van der Waals surface area contributed by atoms with Crippen molar-refractivity contribution in [1.82, 2.24) is 5.32 Å². The summed E-state index contributed by atoms with van der Waals surface area (Å²) in [5, 5.41) is 2.24. The molecule has 0 aromatic heterocycles. The van der Waals surface area contributed by atoms with Gasteiger partial charge in [0.15, 0.2) is 0 Å². The van der Waals surface area contributed by atoms with E-state index in [1.54, 1.807) is 42.5 Å². The first-order chi connectivity index (χ1) is 17.5. The second-order valence-corrected chi connectivity index (χ2v) is 7.98. The standard InChI is InChI=1S/C28H26N2O6/c1-3-15-35-25-17-23(34-2)12-9-20(25)16-24-26(31)29-28(33)30(27(24)32)21-10-13-22(14-11-21)36-18-19-7-5-4-6-8-19/h4-14,16-17H,3,15,18H2,1-2H3,(H,29,31,33)/b24-16+. The Hall–Kier alpha value is -4.59. The lowest BCUT2D eigenvalue weighted by atomic mass is 10.1. The van der Waals surface area contributed by atoms with Crippen LogP contribution in [0.3, 0.4) is 0 Å². The quantitative estimate of drug-likeness (QED) is 0.347. The van der Waals surface area contributed by atoms with Crippen molar-refractivity contribution in [2.24, 2.45) is 0 Å². The molecule has 0 bridgehead atoms. The molecule has 0 spiro atoms. The number of benzene rings is 3. The number of carbonyl (C=O) groups is 3. The molecule has 4 amide bonds. The molecule has 36 heavy (non-hydrogen) atoms. The minimum atomic E-state index is -0.822. The average Bonchev–Trinajstić information content (AvgIpc) is 2.90. The molecule has 8 nitrogen and oxygen atoms in total. The summed E-state index contributed by atoms with van der Waals surface area (Å²) in [5.41, 5.74) is 1.65. The van der Waals surface area contributed by atoms with E-state index in [9.17, 15) is 14.4 Å². The number of methoxy groups -OCH3 is 1. The van der Waals surface area contributed by atoms with Gasteiger partial charge in [-0.05, 0) is 54.5 Å². The molecule has 0 aliphatic carbocycles. The zero-order valence-electron chi connectivity index (χ0n) is 20.0. The van der Waals surface area contributed by atoms with Gasteiger partial charge in [0.1, 0.15) is 29.4 Å². The van der Waals surface area contributed by atoms with Crippen LogP contribution in [0.25, 0.3) is 6.08 Å². The maximum Gasteiger partial charge on any atom is 0.335 e. The lowest BCUT2D eigenvalue weighted by Crippen LogP contribution is -2.54. The minimum absolute atomic E-state index is 0.189. The highest BCUT2D eigenvalue weighted by Gasteiger charge is 2.37. The van der Waals surface area contributed by atoms with Gasteiger partial charge in [0, 0.05) is 11.6 Å². The topological polar surface area (TPSA) is 94.2 Å². The maximum absolute atomic E-state index is 13.3. The van der Waals surface area contributed by atoms with E-state index in [4.69, 9.17) is 14.2 Å². The van der Waals surface area contributed by atoms with Gasteiger partial charge in [-0.1, -0.05) is 37.3 Å². The highest BCUT2D eigenvalue weighted by molar-refractivity contribution is 6.39. The summed E-state index contributed by atoms with van der Waals surface area (Å²) in [6.45, 7) is 2.81. The Morgan fingerprint density at radius 2 is 1.61 bits per heavy atom. The summed E-state index contributed by atoms with van der Waals surface area (Å²) in [6.07, 6.45) is 2.19. The van der Waals surface area contributed by atoms with Crippen LogP contribution >= 0.6 is 0 Å². The summed E-state index contributed by atoms with van der Waals surface area (Å²) >= 11 is 0. The van der Waals surface area contributed by atoms with Crippen molar-refractivity contribution in [2.75, 3.05) is 18.6 Å². The first-order valence-corrected chi connectivity index (χ1v) is 11.5. The maximum atomic E-state index is 13.3. The number of barbiturate groups is 1. The van der Waals surface area contributed by atoms with E-state index in [0.29, 0.717) is 41.7 Å². The molecule has 3 aromatic rings. The summed E-state index contributed by atoms with van der Waals surface area (Å²) < 4.78 is 16.8. The van der Waals surface area contributed by atoms with Gasteiger partial charge >= 0.3 is 6.03 Å². The average molecular weight is 487 g/mol. The number of urea groups is 1. The Bertz CT molecular complexity index is 1290. The molecule has 1 N–H and O–H groups in total. The second-order valence-electron chi connectivity index (χ2n) is 7.98. The predicted octanol–water partition coefficient (Wildman–Crippen LogP) is 4.73. The van der Waals surface area contributed by atoms with Crippen LogP contribution in [0.15, 0.2) is 78.4 Å². The lowest BCUT2D eigenvalue weighted by Gasteiger charge is -2.26. The van der Waals surface area contributed by atoms with E-state index in [2.05, 4.69) is 5.32 Å². The SMILES string of the molecule is CCCOc1cc(OC)ccc1/C=C1\C(=O)NC(=O)N(c2ccc(OCc3ccccc3)cc2)C1=O. The van der Waals surface area contributed by atoms with Crippen molar-refractivity contribution in [3.05, 3.63) is 89.5 Å². The van der Waals surface area contributed by atoms with E-state index in [0.717, 1.165) is 16.9 Å². The van der Waals surface area contributed by atoms with Gasteiger partial charge < -0.3 is 14.2 Å².